The van der Waals surface area contributed by atoms with Gasteiger partial charge in [-0.15, -0.1) is 0 Å². The van der Waals surface area contributed by atoms with Gasteiger partial charge in [0.2, 0.25) is 0 Å². The molecule has 1 aliphatic carbocycles. The summed E-state index contributed by atoms with van der Waals surface area (Å²) < 4.78 is 6.10. The Morgan fingerprint density at radius 3 is 2.63 bits per heavy atom. The van der Waals surface area contributed by atoms with E-state index >= 15 is 0 Å². The molecule has 1 N–H and O–H groups in total. The van der Waals surface area contributed by atoms with E-state index in [9.17, 15) is 0 Å². The van der Waals surface area contributed by atoms with Gasteiger partial charge in [-0.25, -0.2) is 0 Å². The molecule has 1 saturated carbocycles. The molecule has 0 saturated heterocycles. The molecule has 0 atom stereocenters. The van der Waals surface area contributed by atoms with E-state index in [2.05, 4.69) is 18.3 Å². The van der Waals surface area contributed by atoms with Crippen molar-refractivity contribution in [2.45, 2.75) is 31.9 Å². The molecule has 100 valence electrons. The van der Waals surface area contributed by atoms with Gasteiger partial charge in [-0.2, -0.15) is 0 Å². The average Bonchev–Trinajstić information content (AvgIpc) is 2.39. The number of fused-ring (bicyclic) bond motifs is 1. The van der Waals surface area contributed by atoms with E-state index in [4.69, 9.17) is 16.3 Å². The summed E-state index contributed by atoms with van der Waals surface area (Å²) in [6, 6.07) is 12.6. The lowest BCUT2D eigenvalue weighted by Crippen LogP contribution is -2.46. The zero-order valence-corrected chi connectivity index (χ0v) is 11.8. The van der Waals surface area contributed by atoms with Crippen LogP contribution in [0.3, 0.4) is 0 Å². The van der Waals surface area contributed by atoms with E-state index in [-0.39, 0.29) is 0 Å². The van der Waals surface area contributed by atoms with Gasteiger partial charge < -0.3 is 10.1 Å². The maximum absolute atomic E-state index is 6.21. The van der Waals surface area contributed by atoms with E-state index in [1.165, 1.54) is 0 Å². The Morgan fingerprint density at radius 1 is 1.16 bits per heavy atom. The summed E-state index contributed by atoms with van der Waals surface area (Å²) in [5.74, 6) is 0.944. The fourth-order valence-electron chi connectivity index (χ4n) is 2.63. The van der Waals surface area contributed by atoms with Gasteiger partial charge in [0, 0.05) is 21.8 Å². The van der Waals surface area contributed by atoms with Crippen molar-refractivity contribution in [2.75, 3.05) is 6.54 Å². The largest absolute Gasteiger partial charge is 0.490 e. The molecule has 2 aromatic carbocycles. The zero-order chi connectivity index (χ0) is 13.2. The zero-order valence-electron chi connectivity index (χ0n) is 11.0. The summed E-state index contributed by atoms with van der Waals surface area (Å²) in [7, 11) is 0. The topological polar surface area (TPSA) is 21.3 Å². The lowest BCUT2D eigenvalue weighted by atomic mass is 9.89. The number of halogens is 1. The van der Waals surface area contributed by atoms with Gasteiger partial charge in [0.15, 0.2) is 0 Å². The highest BCUT2D eigenvalue weighted by atomic mass is 35.5. The van der Waals surface area contributed by atoms with Crippen molar-refractivity contribution in [3.05, 3.63) is 41.4 Å². The molecule has 0 spiro atoms. The van der Waals surface area contributed by atoms with Crippen LogP contribution in [0.15, 0.2) is 36.4 Å². The molecule has 2 aromatic rings. The lowest BCUT2D eigenvalue weighted by Gasteiger charge is -2.36. The highest BCUT2D eigenvalue weighted by Gasteiger charge is 2.30. The Kier molecular flexibility index (Phi) is 3.63. The van der Waals surface area contributed by atoms with Crippen LogP contribution < -0.4 is 10.1 Å². The Labute approximate surface area is 118 Å². The first kappa shape index (κ1) is 12.8. The third-order valence-corrected chi connectivity index (χ3v) is 4.04. The normalized spacial score (nSPS) is 22.2. The van der Waals surface area contributed by atoms with Crippen molar-refractivity contribution in [1.82, 2.24) is 5.32 Å². The van der Waals surface area contributed by atoms with E-state index in [0.717, 1.165) is 40.9 Å². The van der Waals surface area contributed by atoms with Gasteiger partial charge >= 0.3 is 0 Å². The van der Waals surface area contributed by atoms with Gasteiger partial charge in [0.1, 0.15) is 11.9 Å². The molecule has 0 unspecified atom stereocenters. The third kappa shape index (κ3) is 2.56. The number of hydrogen-bond acceptors (Lipinski definition) is 2. The molecule has 0 heterocycles. The highest BCUT2D eigenvalue weighted by Crippen LogP contribution is 2.34. The second-order valence-corrected chi connectivity index (χ2v) is 5.46. The van der Waals surface area contributed by atoms with Crippen molar-refractivity contribution in [2.24, 2.45) is 0 Å². The van der Waals surface area contributed by atoms with Crippen LogP contribution in [0.5, 0.6) is 5.75 Å². The smallest absolute Gasteiger partial charge is 0.127 e. The van der Waals surface area contributed by atoms with Crippen LogP contribution in [-0.2, 0) is 0 Å². The van der Waals surface area contributed by atoms with Crippen LogP contribution in [-0.4, -0.2) is 18.7 Å². The quantitative estimate of drug-likeness (QED) is 0.910. The first-order valence-electron chi connectivity index (χ1n) is 6.85. The second kappa shape index (κ2) is 5.40. The first-order valence-corrected chi connectivity index (χ1v) is 7.23. The molecule has 19 heavy (non-hydrogen) atoms. The molecule has 2 nitrogen and oxygen atoms in total. The highest BCUT2D eigenvalue weighted by molar-refractivity contribution is 6.35. The minimum atomic E-state index is 0.327. The number of benzene rings is 2. The van der Waals surface area contributed by atoms with Gasteiger partial charge in [0.25, 0.3) is 0 Å². The standard InChI is InChI=1S/C16H18ClNO/c1-2-18-11-9-12(10-11)19-16-8-7-15(17)13-5-3-4-6-14(13)16/h3-8,11-12,18H,2,9-10H2,1H3. The molecule has 0 bridgehead atoms. The van der Waals surface area contributed by atoms with Crippen molar-refractivity contribution >= 4 is 22.4 Å². The molecule has 0 radical (unpaired) electrons. The number of rotatable bonds is 4. The number of nitrogens with one attached hydrogen (secondary N) is 1. The Hall–Kier alpha value is -1.25. The molecule has 0 aromatic heterocycles. The van der Waals surface area contributed by atoms with Crippen molar-refractivity contribution < 1.29 is 4.74 Å². The van der Waals surface area contributed by atoms with E-state index < -0.39 is 0 Å². The van der Waals surface area contributed by atoms with E-state index in [1.54, 1.807) is 0 Å². The van der Waals surface area contributed by atoms with Crippen molar-refractivity contribution in [3.63, 3.8) is 0 Å². The predicted molar refractivity (Wildman–Crippen MR) is 80.1 cm³/mol. The van der Waals surface area contributed by atoms with Crippen LogP contribution in [0.4, 0.5) is 0 Å². The average molecular weight is 276 g/mol. The fraction of sp³-hybridized carbons (Fsp3) is 0.375. The Bertz CT molecular complexity index is 578. The molecule has 1 aliphatic rings. The third-order valence-electron chi connectivity index (χ3n) is 3.71. The van der Waals surface area contributed by atoms with Crippen LogP contribution in [0.2, 0.25) is 5.02 Å². The molecular weight excluding hydrogens is 258 g/mol. The lowest BCUT2D eigenvalue weighted by molar-refractivity contribution is 0.0874. The van der Waals surface area contributed by atoms with Crippen molar-refractivity contribution in [3.8, 4) is 5.75 Å². The molecule has 3 rings (SSSR count). The second-order valence-electron chi connectivity index (χ2n) is 5.06. The van der Waals surface area contributed by atoms with Gasteiger partial charge in [0.05, 0.1) is 0 Å². The number of ether oxygens (including phenoxy) is 1. The predicted octanol–water partition coefficient (Wildman–Crippen LogP) is 4.01. The molecule has 3 heteroatoms. The van der Waals surface area contributed by atoms with Gasteiger partial charge in [-0.1, -0.05) is 42.8 Å². The summed E-state index contributed by atoms with van der Waals surface area (Å²) >= 11 is 6.21. The number of hydrogen-bond donors (Lipinski definition) is 1. The maximum Gasteiger partial charge on any atom is 0.127 e. The molecular formula is C16H18ClNO. The minimum absolute atomic E-state index is 0.327. The Morgan fingerprint density at radius 2 is 1.89 bits per heavy atom. The summed E-state index contributed by atoms with van der Waals surface area (Å²) in [4.78, 5) is 0. The maximum atomic E-state index is 6.21. The summed E-state index contributed by atoms with van der Waals surface area (Å²) in [5.41, 5.74) is 0. The van der Waals surface area contributed by atoms with E-state index in [1.807, 2.05) is 30.3 Å². The molecule has 0 aliphatic heterocycles. The van der Waals surface area contributed by atoms with E-state index in [0.29, 0.717) is 12.1 Å². The molecule has 1 fully saturated rings. The van der Waals surface area contributed by atoms with Crippen molar-refractivity contribution in [1.29, 1.82) is 0 Å². The summed E-state index contributed by atoms with van der Waals surface area (Å²) in [5, 5.41) is 6.38. The first-order chi connectivity index (χ1) is 9.28. The van der Waals surface area contributed by atoms with Crippen LogP contribution >= 0.6 is 11.6 Å². The minimum Gasteiger partial charge on any atom is -0.490 e. The van der Waals surface area contributed by atoms with Crippen LogP contribution in [0.25, 0.3) is 10.8 Å². The SMILES string of the molecule is CCNC1CC(Oc2ccc(Cl)c3ccccc23)C1. The van der Waals surface area contributed by atoms with Gasteiger partial charge in [-0.05, 0) is 31.5 Å². The summed E-state index contributed by atoms with van der Waals surface area (Å²) in [6.07, 6.45) is 2.50. The van der Waals surface area contributed by atoms with Crippen LogP contribution in [0.1, 0.15) is 19.8 Å². The summed E-state index contributed by atoms with van der Waals surface area (Å²) in [6.45, 7) is 3.17. The fourth-order valence-corrected chi connectivity index (χ4v) is 2.86. The van der Waals surface area contributed by atoms with Gasteiger partial charge in [-0.3, -0.25) is 0 Å². The Balaban J connectivity index is 1.77. The monoisotopic (exact) mass is 275 g/mol. The van der Waals surface area contributed by atoms with Crippen LogP contribution in [0, 0.1) is 0 Å². The molecule has 0 amide bonds.